The van der Waals surface area contributed by atoms with Crippen LogP contribution in [0.1, 0.15) is 31.0 Å². The minimum atomic E-state index is -0.378. The average molecular weight is 265 g/mol. The largest absolute Gasteiger partial charge is 0.496 e. The van der Waals surface area contributed by atoms with Crippen molar-refractivity contribution < 1.29 is 14.3 Å². The molecule has 0 aliphatic carbocycles. The van der Waals surface area contributed by atoms with Crippen LogP contribution >= 0.6 is 0 Å². The van der Waals surface area contributed by atoms with Gasteiger partial charge in [0, 0.05) is 6.04 Å². The molecule has 0 fully saturated rings. The van der Waals surface area contributed by atoms with Crippen LogP contribution in [-0.4, -0.2) is 20.2 Å². The Balaban J connectivity index is 3.06. The van der Waals surface area contributed by atoms with Crippen LogP contribution in [0, 0.1) is 18.8 Å². The molecule has 4 nitrogen and oxygen atoms in total. The van der Waals surface area contributed by atoms with Gasteiger partial charge in [0.05, 0.1) is 20.1 Å². The molecular formula is C15H23NO3. The lowest BCUT2D eigenvalue weighted by atomic mass is 9.84. The van der Waals surface area contributed by atoms with Crippen molar-refractivity contribution in [2.75, 3.05) is 14.2 Å². The molecule has 0 aliphatic rings. The van der Waals surface area contributed by atoms with Crippen molar-refractivity contribution in [1.29, 1.82) is 0 Å². The van der Waals surface area contributed by atoms with Crippen LogP contribution < -0.4 is 10.5 Å². The lowest BCUT2D eigenvalue weighted by molar-refractivity contribution is -0.147. The van der Waals surface area contributed by atoms with Gasteiger partial charge < -0.3 is 15.2 Å². The average Bonchev–Trinajstić information content (AvgIpc) is 2.37. The van der Waals surface area contributed by atoms with Gasteiger partial charge >= 0.3 is 5.97 Å². The first kappa shape index (κ1) is 15.5. The molecular weight excluding hydrogens is 242 g/mol. The molecule has 0 spiro atoms. The van der Waals surface area contributed by atoms with Crippen molar-refractivity contribution in [3.8, 4) is 5.75 Å². The number of aryl methyl sites for hydroxylation is 1. The first-order valence-corrected chi connectivity index (χ1v) is 6.40. The van der Waals surface area contributed by atoms with E-state index in [9.17, 15) is 4.79 Å². The highest BCUT2D eigenvalue weighted by molar-refractivity contribution is 5.73. The molecule has 0 amide bonds. The molecule has 1 aromatic rings. The number of benzene rings is 1. The highest BCUT2D eigenvalue weighted by Gasteiger charge is 2.30. The smallest absolute Gasteiger partial charge is 0.310 e. The molecule has 0 bridgehead atoms. The summed E-state index contributed by atoms with van der Waals surface area (Å²) in [5.74, 6) is 0.314. The number of ether oxygens (including phenoxy) is 2. The van der Waals surface area contributed by atoms with Gasteiger partial charge in [-0.25, -0.2) is 0 Å². The molecule has 106 valence electrons. The number of methoxy groups -OCH3 is 2. The first-order chi connectivity index (χ1) is 8.92. The molecule has 1 rings (SSSR count). The van der Waals surface area contributed by atoms with Gasteiger partial charge in [0.2, 0.25) is 0 Å². The molecule has 2 atom stereocenters. The summed E-state index contributed by atoms with van der Waals surface area (Å²) >= 11 is 0. The molecule has 19 heavy (non-hydrogen) atoms. The van der Waals surface area contributed by atoms with Crippen molar-refractivity contribution >= 4 is 5.97 Å². The van der Waals surface area contributed by atoms with Gasteiger partial charge in [0.1, 0.15) is 5.75 Å². The Kier molecular flexibility index (Phi) is 5.36. The van der Waals surface area contributed by atoms with E-state index in [0.717, 1.165) is 16.9 Å². The van der Waals surface area contributed by atoms with E-state index in [1.165, 1.54) is 7.11 Å². The standard InChI is InChI=1S/C15H23NO3/c1-9(2)13(15(17)19-5)14(16)11-6-7-12(18-4)10(3)8-11/h6-9,13-14H,16H2,1-5H3. The van der Waals surface area contributed by atoms with Crippen LogP contribution in [0.4, 0.5) is 0 Å². The van der Waals surface area contributed by atoms with E-state index in [-0.39, 0.29) is 23.8 Å². The molecule has 2 N–H and O–H groups in total. The second-order valence-corrected chi connectivity index (χ2v) is 5.05. The number of nitrogens with two attached hydrogens (primary N) is 1. The van der Waals surface area contributed by atoms with Gasteiger partial charge in [-0.05, 0) is 30.0 Å². The minimum Gasteiger partial charge on any atom is -0.496 e. The van der Waals surface area contributed by atoms with Gasteiger partial charge in [0.25, 0.3) is 0 Å². The van der Waals surface area contributed by atoms with Gasteiger partial charge in [-0.3, -0.25) is 4.79 Å². The third-order valence-corrected chi connectivity index (χ3v) is 3.38. The fourth-order valence-electron chi connectivity index (χ4n) is 2.29. The summed E-state index contributed by atoms with van der Waals surface area (Å²) < 4.78 is 10.1. The van der Waals surface area contributed by atoms with Crippen LogP contribution in [-0.2, 0) is 9.53 Å². The molecule has 0 radical (unpaired) electrons. The Labute approximate surface area is 114 Å². The maximum absolute atomic E-state index is 11.8. The van der Waals surface area contributed by atoms with Crippen LogP contribution in [0.3, 0.4) is 0 Å². The summed E-state index contributed by atoms with van der Waals surface area (Å²) in [6, 6.07) is 5.35. The van der Waals surface area contributed by atoms with Gasteiger partial charge in [-0.2, -0.15) is 0 Å². The second-order valence-electron chi connectivity index (χ2n) is 5.05. The number of hydrogen-bond donors (Lipinski definition) is 1. The summed E-state index contributed by atoms with van der Waals surface area (Å²) in [4.78, 5) is 11.8. The van der Waals surface area contributed by atoms with Gasteiger partial charge in [-0.1, -0.05) is 26.0 Å². The fourth-order valence-corrected chi connectivity index (χ4v) is 2.29. The van der Waals surface area contributed by atoms with E-state index in [4.69, 9.17) is 15.2 Å². The molecule has 0 saturated carbocycles. The molecule has 0 heterocycles. The van der Waals surface area contributed by atoms with E-state index in [1.807, 2.05) is 39.0 Å². The summed E-state index contributed by atoms with van der Waals surface area (Å²) in [6.07, 6.45) is 0. The Morgan fingerprint density at radius 2 is 1.89 bits per heavy atom. The summed E-state index contributed by atoms with van der Waals surface area (Å²) in [5.41, 5.74) is 8.16. The number of hydrogen-bond acceptors (Lipinski definition) is 4. The molecule has 0 saturated heterocycles. The number of rotatable bonds is 5. The maximum Gasteiger partial charge on any atom is 0.310 e. The van der Waals surface area contributed by atoms with E-state index in [2.05, 4.69) is 0 Å². The molecule has 2 unspecified atom stereocenters. The summed E-state index contributed by atoms with van der Waals surface area (Å²) in [6.45, 7) is 5.90. The predicted molar refractivity (Wildman–Crippen MR) is 75.0 cm³/mol. The molecule has 1 aromatic carbocycles. The molecule has 0 aliphatic heterocycles. The number of esters is 1. The molecule has 0 aromatic heterocycles. The summed E-state index contributed by atoms with van der Waals surface area (Å²) in [5, 5.41) is 0. The van der Waals surface area contributed by atoms with E-state index in [0.29, 0.717) is 0 Å². The number of carbonyl (C=O) groups is 1. The second kappa shape index (κ2) is 6.57. The Morgan fingerprint density at radius 3 is 2.32 bits per heavy atom. The van der Waals surface area contributed by atoms with Gasteiger partial charge in [0.15, 0.2) is 0 Å². The zero-order chi connectivity index (χ0) is 14.6. The highest BCUT2D eigenvalue weighted by Crippen LogP contribution is 2.29. The van der Waals surface area contributed by atoms with Crippen molar-refractivity contribution in [2.24, 2.45) is 17.6 Å². The third kappa shape index (κ3) is 3.47. The lowest BCUT2D eigenvalue weighted by Crippen LogP contribution is -2.33. The monoisotopic (exact) mass is 265 g/mol. The van der Waals surface area contributed by atoms with E-state index in [1.54, 1.807) is 7.11 Å². The van der Waals surface area contributed by atoms with Gasteiger partial charge in [-0.15, -0.1) is 0 Å². The van der Waals surface area contributed by atoms with E-state index < -0.39 is 0 Å². The van der Waals surface area contributed by atoms with Crippen LogP contribution in [0.2, 0.25) is 0 Å². The van der Waals surface area contributed by atoms with Crippen LogP contribution in [0.25, 0.3) is 0 Å². The van der Waals surface area contributed by atoms with E-state index >= 15 is 0 Å². The highest BCUT2D eigenvalue weighted by atomic mass is 16.5. The van der Waals surface area contributed by atoms with Crippen molar-refractivity contribution in [2.45, 2.75) is 26.8 Å². The van der Waals surface area contributed by atoms with Crippen molar-refractivity contribution in [3.63, 3.8) is 0 Å². The quantitative estimate of drug-likeness (QED) is 0.831. The number of carbonyl (C=O) groups excluding carboxylic acids is 1. The fraction of sp³-hybridized carbons (Fsp3) is 0.533. The topological polar surface area (TPSA) is 61.5 Å². The summed E-state index contributed by atoms with van der Waals surface area (Å²) in [7, 11) is 3.02. The lowest BCUT2D eigenvalue weighted by Gasteiger charge is -2.25. The Morgan fingerprint density at radius 1 is 1.26 bits per heavy atom. The zero-order valence-electron chi connectivity index (χ0n) is 12.3. The Hall–Kier alpha value is -1.55. The SMILES string of the molecule is COC(=O)C(C(C)C)C(N)c1ccc(OC)c(C)c1. The zero-order valence-corrected chi connectivity index (χ0v) is 12.3. The minimum absolute atomic E-state index is 0.116. The van der Waals surface area contributed by atoms with Crippen LogP contribution in [0.15, 0.2) is 18.2 Å². The first-order valence-electron chi connectivity index (χ1n) is 6.40. The van der Waals surface area contributed by atoms with Crippen molar-refractivity contribution in [1.82, 2.24) is 0 Å². The van der Waals surface area contributed by atoms with Crippen molar-refractivity contribution in [3.05, 3.63) is 29.3 Å². The maximum atomic E-state index is 11.8. The third-order valence-electron chi connectivity index (χ3n) is 3.38. The van der Waals surface area contributed by atoms with Crippen LogP contribution in [0.5, 0.6) is 5.75 Å². The Bertz CT molecular complexity index is 443. The molecule has 4 heteroatoms. The predicted octanol–water partition coefficient (Wildman–Crippen LogP) is 2.45. The normalized spacial score (nSPS) is 14.1.